The predicted octanol–water partition coefficient (Wildman–Crippen LogP) is 5.10. The molecule has 2 heteroatoms. The normalized spacial score (nSPS) is 12.0. The summed E-state index contributed by atoms with van der Waals surface area (Å²) in [5.41, 5.74) is 3.45. The molecule has 0 spiro atoms. The van der Waals surface area contributed by atoms with Crippen molar-refractivity contribution >= 4 is 18.4 Å². The van der Waals surface area contributed by atoms with Crippen LogP contribution in [0.4, 0.5) is 0 Å². The van der Waals surface area contributed by atoms with Crippen molar-refractivity contribution in [2.45, 2.75) is 26.2 Å². The summed E-state index contributed by atoms with van der Waals surface area (Å²) in [6.45, 7) is 6.56. The maximum Gasteiger partial charge on any atom is 0.415 e. The Labute approximate surface area is 145 Å². The van der Waals surface area contributed by atoms with Gasteiger partial charge in [0.1, 0.15) is 0 Å². The summed E-state index contributed by atoms with van der Waals surface area (Å²) >= 11 is 0. The monoisotopic (exact) mass is 333 g/mol. The van der Waals surface area contributed by atoms with Crippen LogP contribution in [0.1, 0.15) is 30.5 Å². The Morgan fingerprint density at radius 1 is 0.708 bits per heavy atom. The Morgan fingerprint density at radius 2 is 1.25 bits per heavy atom. The molecule has 1 atom stereocenters. The average Bonchev–Trinajstić information content (AvgIpc) is 2.62. The van der Waals surface area contributed by atoms with Crippen LogP contribution in [-0.2, 0) is 9.98 Å². The topological polar surface area (TPSA) is 17.1 Å². The molecule has 120 valence electrons. The van der Waals surface area contributed by atoms with Gasteiger partial charge in [-0.15, -0.1) is 0 Å². The van der Waals surface area contributed by atoms with Crippen LogP contribution in [0.5, 0.6) is 0 Å². The molecular formula is C22H22OP+. The molecule has 3 aromatic carbocycles. The van der Waals surface area contributed by atoms with Crippen molar-refractivity contribution in [1.29, 1.82) is 0 Å². The van der Waals surface area contributed by atoms with E-state index in [1.165, 1.54) is 11.1 Å². The molecule has 3 rings (SSSR count). The van der Waals surface area contributed by atoms with Crippen molar-refractivity contribution in [1.82, 2.24) is 0 Å². The zero-order valence-electron chi connectivity index (χ0n) is 14.4. The summed E-state index contributed by atoms with van der Waals surface area (Å²) in [6.07, 6.45) is 0. The van der Waals surface area contributed by atoms with Crippen LogP contribution in [-0.4, -0.2) is 0 Å². The quantitative estimate of drug-likeness (QED) is 0.607. The first-order chi connectivity index (χ1) is 11.5. The highest BCUT2D eigenvalue weighted by Gasteiger charge is 2.35. The van der Waals surface area contributed by atoms with Crippen LogP contribution in [0.15, 0.2) is 78.9 Å². The van der Waals surface area contributed by atoms with Crippen LogP contribution in [0.25, 0.3) is 0 Å². The van der Waals surface area contributed by atoms with Crippen LogP contribution in [0.3, 0.4) is 0 Å². The van der Waals surface area contributed by atoms with Crippen molar-refractivity contribution < 1.29 is 4.57 Å². The highest BCUT2D eigenvalue weighted by Crippen LogP contribution is 2.35. The summed E-state index contributed by atoms with van der Waals surface area (Å²) in [5, 5.41) is 1.80. The molecule has 24 heavy (non-hydrogen) atoms. The van der Waals surface area contributed by atoms with Gasteiger partial charge in [0.25, 0.3) is 0 Å². The standard InChI is InChI=1S/C22H22OP/c1-17-11-7-8-14-19(17)22(2,3)20-15-9-10-16-21(20)24(23)18-12-5-4-6-13-18/h4-16H,1-3H3/q+1. The number of aryl methyl sites for hydroxylation is 1. The van der Waals surface area contributed by atoms with E-state index in [1.54, 1.807) is 0 Å². The van der Waals surface area contributed by atoms with Crippen LogP contribution in [0.2, 0.25) is 0 Å². The fourth-order valence-corrected chi connectivity index (χ4v) is 4.82. The third-order valence-electron chi connectivity index (χ3n) is 4.61. The van der Waals surface area contributed by atoms with E-state index in [1.807, 2.05) is 48.5 Å². The molecule has 0 bridgehead atoms. The number of hydrogen-bond donors (Lipinski definition) is 0. The molecule has 0 aromatic heterocycles. The van der Waals surface area contributed by atoms with E-state index in [4.69, 9.17) is 0 Å². The second-order valence-corrected chi connectivity index (χ2v) is 8.17. The van der Waals surface area contributed by atoms with Gasteiger partial charge in [-0.25, -0.2) is 0 Å². The summed E-state index contributed by atoms with van der Waals surface area (Å²) in [5.74, 6) is 0. The molecule has 0 aliphatic carbocycles. The molecule has 3 aromatic rings. The van der Waals surface area contributed by atoms with E-state index >= 15 is 0 Å². The molecule has 0 fully saturated rings. The van der Waals surface area contributed by atoms with Gasteiger partial charge in [-0.1, -0.05) is 79.1 Å². The van der Waals surface area contributed by atoms with Gasteiger partial charge >= 0.3 is 7.80 Å². The van der Waals surface area contributed by atoms with Gasteiger partial charge in [-0.3, -0.25) is 0 Å². The molecule has 0 radical (unpaired) electrons. The zero-order chi connectivity index (χ0) is 17.2. The van der Waals surface area contributed by atoms with Crippen LogP contribution in [0, 0.1) is 6.92 Å². The largest absolute Gasteiger partial charge is 0.415 e. The van der Waals surface area contributed by atoms with E-state index in [-0.39, 0.29) is 5.41 Å². The van der Waals surface area contributed by atoms with Gasteiger partial charge in [0.05, 0.1) is 0 Å². The molecule has 0 aliphatic heterocycles. The SMILES string of the molecule is Cc1ccccc1C(C)(C)c1ccccc1[P+](=O)c1ccccc1. The average molecular weight is 333 g/mol. The Balaban J connectivity index is 2.13. The highest BCUT2D eigenvalue weighted by atomic mass is 31.1. The van der Waals surface area contributed by atoms with Gasteiger partial charge in [-0.05, 0) is 36.2 Å². The molecule has 0 amide bonds. The van der Waals surface area contributed by atoms with Crippen molar-refractivity contribution in [2.75, 3.05) is 0 Å². The van der Waals surface area contributed by atoms with Crippen molar-refractivity contribution in [2.24, 2.45) is 0 Å². The molecular weight excluding hydrogens is 311 g/mol. The summed E-state index contributed by atoms with van der Waals surface area (Å²) in [7, 11) is -1.61. The lowest BCUT2D eigenvalue weighted by Crippen LogP contribution is -2.27. The fraction of sp³-hybridized carbons (Fsp3) is 0.182. The molecule has 0 saturated carbocycles. The second-order valence-electron chi connectivity index (χ2n) is 6.59. The van der Waals surface area contributed by atoms with E-state index in [0.717, 1.165) is 16.2 Å². The molecule has 0 saturated heterocycles. The van der Waals surface area contributed by atoms with Gasteiger partial charge in [0.2, 0.25) is 0 Å². The lowest BCUT2D eigenvalue weighted by atomic mass is 9.76. The fourth-order valence-electron chi connectivity index (χ4n) is 3.30. The maximum absolute atomic E-state index is 13.2. The minimum absolute atomic E-state index is 0.207. The Bertz CT molecular complexity index is 866. The molecule has 0 heterocycles. The first-order valence-electron chi connectivity index (χ1n) is 8.20. The minimum Gasteiger partial charge on any atom is -0.0620 e. The summed E-state index contributed by atoms with van der Waals surface area (Å²) in [4.78, 5) is 0. The van der Waals surface area contributed by atoms with E-state index in [2.05, 4.69) is 51.1 Å². The maximum atomic E-state index is 13.2. The third-order valence-corrected chi connectivity index (χ3v) is 6.20. The van der Waals surface area contributed by atoms with Gasteiger partial charge in [0, 0.05) is 11.0 Å². The first kappa shape index (κ1) is 16.6. The van der Waals surface area contributed by atoms with Gasteiger partial charge < -0.3 is 0 Å². The van der Waals surface area contributed by atoms with Crippen molar-refractivity contribution in [3.8, 4) is 0 Å². The van der Waals surface area contributed by atoms with Crippen LogP contribution < -0.4 is 10.6 Å². The highest BCUT2D eigenvalue weighted by molar-refractivity contribution is 7.61. The number of rotatable bonds is 4. The molecule has 0 N–H and O–H groups in total. The van der Waals surface area contributed by atoms with E-state index < -0.39 is 7.80 Å². The number of hydrogen-bond acceptors (Lipinski definition) is 1. The molecule has 1 nitrogen and oxygen atoms in total. The van der Waals surface area contributed by atoms with Crippen LogP contribution >= 0.6 is 7.80 Å². The van der Waals surface area contributed by atoms with Crippen molar-refractivity contribution in [3.05, 3.63) is 95.6 Å². The molecule has 1 unspecified atom stereocenters. The minimum atomic E-state index is -1.61. The lowest BCUT2D eigenvalue weighted by molar-refractivity contribution is 0.596. The zero-order valence-corrected chi connectivity index (χ0v) is 15.3. The number of benzene rings is 3. The second kappa shape index (κ2) is 6.71. The Kier molecular flexibility index (Phi) is 4.64. The smallest absolute Gasteiger partial charge is 0.0620 e. The van der Waals surface area contributed by atoms with Gasteiger partial charge in [0.15, 0.2) is 10.6 Å². The third kappa shape index (κ3) is 3.05. The predicted molar refractivity (Wildman–Crippen MR) is 103 cm³/mol. The lowest BCUT2D eigenvalue weighted by Gasteiger charge is -2.27. The Hall–Kier alpha value is -2.24. The van der Waals surface area contributed by atoms with Crippen molar-refractivity contribution in [3.63, 3.8) is 0 Å². The van der Waals surface area contributed by atoms with Gasteiger partial charge in [-0.2, -0.15) is 0 Å². The van der Waals surface area contributed by atoms with E-state index in [0.29, 0.717) is 0 Å². The summed E-state index contributed by atoms with van der Waals surface area (Å²) < 4.78 is 13.2. The Morgan fingerprint density at radius 3 is 1.92 bits per heavy atom. The van der Waals surface area contributed by atoms with E-state index in [9.17, 15) is 4.57 Å². The molecule has 0 aliphatic rings. The first-order valence-corrected chi connectivity index (χ1v) is 9.45. The summed E-state index contributed by atoms with van der Waals surface area (Å²) in [6, 6.07) is 26.3.